The highest BCUT2D eigenvalue weighted by atomic mass is 16.2. The first-order valence-electron chi connectivity index (χ1n) is 7.53. The van der Waals surface area contributed by atoms with Crippen molar-refractivity contribution >= 4 is 22.5 Å². The monoisotopic (exact) mass is 283 g/mol. The number of rotatable bonds is 1. The van der Waals surface area contributed by atoms with Crippen LogP contribution in [0.2, 0.25) is 0 Å². The Kier molecular flexibility index (Phi) is 3.53. The number of fused-ring (bicyclic) bond motifs is 1. The average molecular weight is 283 g/mol. The molecule has 2 unspecified atom stereocenters. The molecular weight excluding hydrogens is 262 g/mol. The number of benzene rings is 1. The van der Waals surface area contributed by atoms with Gasteiger partial charge in [-0.3, -0.25) is 4.79 Å². The summed E-state index contributed by atoms with van der Waals surface area (Å²) in [5, 5.41) is 1.74. The molecule has 110 valence electrons. The van der Waals surface area contributed by atoms with E-state index in [4.69, 9.17) is 5.73 Å². The minimum absolute atomic E-state index is 0.0674. The number of hydrogen-bond donors (Lipinski definition) is 1. The molecule has 0 bridgehead atoms. The number of carbonyl (C=O) groups excluding carboxylic acids is 1. The maximum absolute atomic E-state index is 12.9. The van der Waals surface area contributed by atoms with Crippen molar-refractivity contribution in [1.82, 2.24) is 9.88 Å². The van der Waals surface area contributed by atoms with E-state index in [2.05, 4.69) is 18.8 Å². The van der Waals surface area contributed by atoms with E-state index in [1.54, 1.807) is 6.20 Å². The van der Waals surface area contributed by atoms with E-state index < -0.39 is 0 Å². The fourth-order valence-corrected chi connectivity index (χ4v) is 3.16. The molecule has 2 atom stereocenters. The normalized spacial score (nSPS) is 22.5. The molecule has 1 aromatic heterocycles. The van der Waals surface area contributed by atoms with Gasteiger partial charge < -0.3 is 10.6 Å². The third kappa shape index (κ3) is 2.35. The first-order valence-corrected chi connectivity index (χ1v) is 7.53. The smallest absolute Gasteiger partial charge is 0.256 e. The number of nitrogens with zero attached hydrogens (tertiary/aromatic N) is 2. The van der Waals surface area contributed by atoms with Crippen molar-refractivity contribution < 1.29 is 4.79 Å². The van der Waals surface area contributed by atoms with Gasteiger partial charge in [0.2, 0.25) is 0 Å². The lowest BCUT2D eigenvalue weighted by Crippen LogP contribution is -2.46. The van der Waals surface area contributed by atoms with Crippen molar-refractivity contribution in [3.05, 3.63) is 36.0 Å². The molecule has 0 spiro atoms. The number of nitrogen functional groups attached to an aromatic ring is 1. The van der Waals surface area contributed by atoms with Crippen LogP contribution >= 0.6 is 0 Å². The van der Waals surface area contributed by atoms with E-state index in [-0.39, 0.29) is 11.9 Å². The topological polar surface area (TPSA) is 59.2 Å². The van der Waals surface area contributed by atoms with E-state index in [9.17, 15) is 4.79 Å². The molecular formula is C17H21N3O. The molecule has 1 aliphatic rings. The minimum atomic E-state index is 0.0674. The molecule has 0 aliphatic carbocycles. The molecule has 1 fully saturated rings. The number of pyridine rings is 1. The van der Waals surface area contributed by atoms with Crippen molar-refractivity contribution in [3.63, 3.8) is 0 Å². The lowest BCUT2D eigenvalue weighted by Gasteiger charge is -2.38. The van der Waals surface area contributed by atoms with Crippen LogP contribution in [0.4, 0.5) is 5.82 Å². The summed E-state index contributed by atoms with van der Waals surface area (Å²) < 4.78 is 0. The van der Waals surface area contributed by atoms with Crippen molar-refractivity contribution in [3.8, 4) is 0 Å². The number of anilines is 1. The summed E-state index contributed by atoms with van der Waals surface area (Å²) in [6.07, 6.45) is 3.87. The molecule has 3 rings (SSSR count). The van der Waals surface area contributed by atoms with Crippen LogP contribution in [0.25, 0.3) is 10.8 Å². The Morgan fingerprint density at radius 1 is 1.29 bits per heavy atom. The summed E-state index contributed by atoms with van der Waals surface area (Å²) in [7, 11) is 0. The van der Waals surface area contributed by atoms with E-state index in [1.165, 1.54) is 6.42 Å². The first-order chi connectivity index (χ1) is 10.1. The van der Waals surface area contributed by atoms with Crippen LogP contribution in [0.5, 0.6) is 0 Å². The van der Waals surface area contributed by atoms with Crippen LogP contribution < -0.4 is 5.73 Å². The highest BCUT2D eigenvalue weighted by Gasteiger charge is 2.29. The van der Waals surface area contributed by atoms with Crippen molar-refractivity contribution in [2.75, 3.05) is 12.3 Å². The van der Waals surface area contributed by atoms with Crippen LogP contribution in [-0.2, 0) is 0 Å². The van der Waals surface area contributed by atoms with Crippen LogP contribution in [0.1, 0.15) is 37.0 Å². The number of likely N-dealkylation sites (tertiary alicyclic amines) is 1. The molecule has 2 heterocycles. The number of carbonyl (C=O) groups is 1. The summed E-state index contributed by atoms with van der Waals surface area (Å²) in [6.45, 7) is 5.17. The Morgan fingerprint density at radius 2 is 2.00 bits per heavy atom. The Bertz CT molecular complexity index is 683. The maximum Gasteiger partial charge on any atom is 0.256 e. The predicted octanol–water partition coefficient (Wildman–Crippen LogP) is 3.08. The molecule has 0 saturated carbocycles. The molecule has 21 heavy (non-hydrogen) atoms. The number of piperidine rings is 1. The quantitative estimate of drug-likeness (QED) is 0.875. The van der Waals surface area contributed by atoms with Crippen LogP contribution in [0.15, 0.2) is 30.5 Å². The number of hydrogen-bond acceptors (Lipinski definition) is 3. The zero-order valence-electron chi connectivity index (χ0n) is 12.5. The molecule has 4 nitrogen and oxygen atoms in total. The molecule has 1 aromatic carbocycles. The van der Waals surface area contributed by atoms with Crippen LogP contribution in [0, 0.1) is 5.92 Å². The van der Waals surface area contributed by atoms with Crippen LogP contribution in [-0.4, -0.2) is 28.4 Å². The van der Waals surface area contributed by atoms with Gasteiger partial charge >= 0.3 is 0 Å². The van der Waals surface area contributed by atoms with Crippen molar-refractivity contribution in [1.29, 1.82) is 0 Å². The summed E-state index contributed by atoms with van der Waals surface area (Å²) in [5.74, 6) is 1.08. The van der Waals surface area contributed by atoms with Gasteiger partial charge in [-0.2, -0.15) is 0 Å². The second-order valence-electron chi connectivity index (χ2n) is 5.96. The van der Waals surface area contributed by atoms with E-state index in [0.717, 1.165) is 23.7 Å². The molecule has 4 heteroatoms. The summed E-state index contributed by atoms with van der Waals surface area (Å²) >= 11 is 0. The van der Waals surface area contributed by atoms with Gasteiger partial charge in [0.1, 0.15) is 5.82 Å². The zero-order valence-corrected chi connectivity index (χ0v) is 12.5. The SMILES string of the molecule is CC1CCCN(C(=O)c2cnc(N)c3ccccc23)C1C. The Labute approximate surface area is 125 Å². The van der Waals surface area contributed by atoms with Gasteiger partial charge in [0.15, 0.2) is 0 Å². The fraction of sp³-hybridized carbons (Fsp3) is 0.412. The predicted molar refractivity (Wildman–Crippen MR) is 85.1 cm³/mol. The Morgan fingerprint density at radius 3 is 2.76 bits per heavy atom. The molecule has 0 radical (unpaired) electrons. The van der Waals surface area contributed by atoms with Gasteiger partial charge in [0.05, 0.1) is 5.56 Å². The second-order valence-corrected chi connectivity index (χ2v) is 5.96. The Balaban J connectivity index is 2.04. The maximum atomic E-state index is 12.9. The van der Waals surface area contributed by atoms with Crippen molar-refractivity contribution in [2.45, 2.75) is 32.7 Å². The molecule has 1 aliphatic heterocycles. The number of aromatic nitrogens is 1. The van der Waals surface area contributed by atoms with E-state index in [1.807, 2.05) is 29.2 Å². The summed E-state index contributed by atoms with van der Waals surface area (Å²) in [4.78, 5) is 19.1. The highest BCUT2D eigenvalue weighted by molar-refractivity contribution is 6.09. The van der Waals surface area contributed by atoms with E-state index in [0.29, 0.717) is 17.3 Å². The molecule has 2 N–H and O–H groups in total. The lowest BCUT2D eigenvalue weighted by atomic mass is 9.91. The standard InChI is InChI=1S/C17H21N3O/c1-11-6-5-9-20(12(11)2)17(21)15-10-19-16(18)14-8-4-3-7-13(14)15/h3-4,7-8,10-12H,5-6,9H2,1-2H3,(H2,18,19). The second kappa shape index (κ2) is 5.35. The molecule has 1 saturated heterocycles. The lowest BCUT2D eigenvalue weighted by molar-refractivity contribution is 0.0552. The van der Waals surface area contributed by atoms with Gasteiger partial charge in [-0.05, 0) is 31.1 Å². The highest BCUT2D eigenvalue weighted by Crippen LogP contribution is 2.28. The number of nitrogens with two attached hydrogens (primary N) is 1. The van der Waals surface area contributed by atoms with E-state index >= 15 is 0 Å². The summed E-state index contributed by atoms with van der Waals surface area (Å²) in [6, 6.07) is 7.97. The fourth-order valence-electron chi connectivity index (χ4n) is 3.16. The third-order valence-electron chi connectivity index (χ3n) is 4.69. The average Bonchev–Trinajstić information content (AvgIpc) is 2.50. The van der Waals surface area contributed by atoms with Crippen LogP contribution in [0.3, 0.4) is 0 Å². The molecule has 1 amide bonds. The minimum Gasteiger partial charge on any atom is -0.383 e. The van der Waals surface area contributed by atoms with Crippen molar-refractivity contribution in [2.24, 2.45) is 5.92 Å². The van der Waals surface area contributed by atoms with Gasteiger partial charge in [-0.25, -0.2) is 4.98 Å². The largest absolute Gasteiger partial charge is 0.383 e. The van der Waals surface area contributed by atoms with Gasteiger partial charge in [-0.15, -0.1) is 0 Å². The number of amides is 1. The van der Waals surface area contributed by atoms with Gasteiger partial charge in [0, 0.05) is 24.2 Å². The van der Waals surface area contributed by atoms with Gasteiger partial charge in [0.25, 0.3) is 5.91 Å². The molecule has 2 aromatic rings. The zero-order chi connectivity index (χ0) is 15.0. The third-order valence-corrected chi connectivity index (χ3v) is 4.69. The first kappa shape index (κ1) is 13.9. The van der Waals surface area contributed by atoms with Gasteiger partial charge in [-0.1, -0.05) is 31.2 Å². The summed E-state index contributed by atoms with van der Waals surface area (Å²) in [5.41, 5.74) is 6.57. The Hall–Kier alpha value is -2.10.